The van der Waals surface area contributed by atoms with Crippen LogP contribution < -0.4 is 5.32 Å². The van der Waals surface area contributed by atoms with E-state index in [2.05, 4.69) is 29.5 Å². The van der Waals surface area contributed by atoms with Crippen molar-refractivity contribution in [1.29, 1.82) is 0 Å². The molecule has 2 aliphatic rings. The number of rotatable bonds is 0. The van der Waals surface area contributed by atoms with Crippen LogP contribution in [-0.4, -0.2) is 31.6 Å². The van der Waals surface area contributed by atoms with Crippen LogP contribution >= 0.6 is 0 Å². The monoisotopic (exact) mass is 166 g/mol. The van der Waals surface area contributed by atoms with Crippen molar-refractivity contribution in [3.05, 3.63) is 12.3 Å². The topological polar surface area (TPSA) is 15.3 Å². The third kappa shape index (κ3) is 1.48. The number of allylic oxidation sites excluding steroid dienone is 1. The molecule has 2 rings (SSSR count). The summed E-state index contributed by atoms with van der Waals surface area (Å²) in [6.45, 7) is 3.64. The smallest absolute Gasteiger partial charge is 0.0177 e. The molecule has 0 aromatic heterocycles. The van der Waals surface area contributed by atoms with E-state index in [-0.39, 0.29) is 0 Å². The molecule has 0 saturated carbocycles. The van der Waals surface area contributed by atoms with Crippen LogP contribution in [0.3, 0.4) is 0 Å². The number of nitrogens with one attached hydrogen (secondary N) is 1. The fourth-order valence-corrected chi connectivity index (χ4v) is 2.18. The SMILES string of the molecule is CN1C=CC2(CCNCC2)CC1. The molecule has 0 radical (unpaired) electrons. The molecule has 0 aromatic carbocycles. The van der Waals surface area contributed by atoms with E-state index in [1.807, 2.05) is 0 Å². The molecular weight excluding hydrogens is 148 g/mol. The number of nitrogens with zero attached hydrogens (tertiary/aromatic N) is 1. The quantitative estimate of drug-likeness (QED) is 0.582. The Morgan fingerprint density at radius 3 is 2.58 bits per heavy atom. The van der Waals surface area contributed by atoms with Crippen LogP contribution in [0.1, 0.15) is 19.3 Å². The van der Waals surface area contributed by atoms with Gasteiger partial charge in [-0.25, -0.2) is 0 Å². The highest BCUT2D eigenvalue weighted by Crippen LogP contribution is 2.36. The van der Waals surface area contributed by atoms with Gasteiger partial charge in [0.2, 0.25) is 0 Å². The molecular formula is C10H18N2. The van der Waals surface area contributed by atoms with E-state index >= 15 is 0 Å². The van der Waals surface area contributed by atoms with Gasteiger partial charge in [0.25, 0.3) is 0 Å². The second-order valence-corrected chi connectivity index (χ2v) is 4.16. The largest absolute Gasteiger partial charge is 0.381 e. The van der Waals surface area contributed by atoms with Crippen LogP contribution in [0.4, 0.5) is 0 Å². The van der Waals surface area contributed by atoms with Crippen molar-refractivity contribution in [3.63, 3.8) is 0 Å². The third-order valence-corrected chi connectivity index (χ3v) is 3.24. The predicted octanol–water partition coefficient (Wildman–Crippen LogP) is 1.21. The van der Waals surface area contributed by atoms with E-state index in [1.165, 1.54) is 38.9 Å². The normalized spacial score (nSPS) is 27.9. The fourth-order valence-electron chi connectivity index (χ4n) is 2.18. The van der Waals surface area contributed by atoms with Gasteiger partial charge in [-0.1, -0.05) is 6.08 Å². The second kappa shape index (κ2) is 3.09. The maximum absolute atomic E-state index is 3.42. The first-order valence-corrected chi connectivity index (χ1v) is 4.91. The van der Waals surface area contributed by atoms with E-state index in [1.54, 1.807) is 0 Å². The zero-order valence-electron chi connectivity index (χ0n) is 7.84. The van der Waals surface area contributed by atoms with Crippen molar-refractivity contribution >= 4 is 0 Å². The van der Waals surface area contributed by atoms with Gasteiger partial charge in [0.1, 0.15) is 0 Å². The average Bonchev–Trinajstić information content (AvgIpc) is 2.13. The van der Waals surface area contributed by atoms with Gasteiger partial charge in [0.05, 0.1) is 0 Å². The van der Waals surface area contributed by atoms with Gasteiger partial charge in [0, 0.05) is 13.6 Å². The van der Waals surface area contributed by atoms with Crippen molar-refractivity contribution in [2.24, 2.45) is 5.41 Å². The highest BCUT2D eigenvalue weighted by Gasteiger charge is 2.30. The molecule has 1 N–H and O–H groups in total. The standard InChI is InChI=1S/C10H18N2/c1-12-8-4-10(5-9-12)2-6-11-7-3-10/h4,8,11H,2-3,5-7,9H2,1H3. The van der Waals surface area contributed by atoms with Crippen LogP contribution in [0, 0.1) is 5.41 Å². The van der Waals surface area contributed by atoms with E-state index in [0.29, 0.717) is 5.41 Å². The van der Waals surface area contributed by atoms with Crippen molar-refractivity contribution < 1.29 is 0 Å². The lowest BCUT2D eigenvalue weighted by Crippen LogP contribution is -2.39. The zero-order chi connectivity index (χ0) is 8.44. The van der Waals surface area contributed by atoms with Crippen molar-refractivity contribution in [2.45, 2.75) is 19.3 Å². The van der Waals surface area contributed by atoms with Gasteiger partial charge >= 0.3 is 0 Å². The molecule has 12 heavy (non-hydrogen) atoms. The molecule has 0 aromatic rings. The molecule has 1 spiro atoms. The minimum Gasteiger partial charge on any atom is -0.381 e. The van der Waals surface area contributed by atoms with Crippen LogP contribution in [0.5, 0.6) is 0 Å². The molecule has 0 atom stereocenters. The van der Waals surface area contributed by atoms with Crippen molar-refractivity contribution in [3.8, 4) is 0 Å². The minimum atomic E-state index is 0.553. The highest BCUT2D eigenvalue weighted by atomic mass is 15.1. The van der Waals surface area contributed by atoms with Gasteiger partial charge in [-0.3, -0.25) is 0 Å². The van der Waals surface area contributed by atoms with Gasteiger partial charge in [-0.15, -0.1) is 0 Å². The van der Waals surface area contributed by atoms with E-state index < -0.39 is 0 Å². The van der Waals surface area contributed by atoms with Crippen LogP contribution in [0.2, 0.25) is 0 Å². The summed E-state index contributed by atoms with van der Waals surface area (Å²) in [7, 11) is 2.16. The lowest BCUT2D eigenvalue weighted by atomic mass is 9.75. The van der Waals surface area contributed by atoms with E-state index in [4.69, 9.17) is 0 Å². The highest BCUT2D eigenvalue weighted by molar-refractivity contribution is 5.05. The maximum Gasteiger partial charge on any atom is 0.0177 e. The Labute approximate surface area is 74.6 Å². The second-order valence-electron chi connectivity index (χ2n) is 4.16. The van der Waals surface area contributed by atoms with Crippen molar-refractivity contribution in [2.75, 3.05) is 26.7 Å². The molecule has 0 aliphatic carbocycles. The first kappa shape index (κ1) is 8.11. The number of piperidine rings is 1. The molecule has 0 bridgehead atoms. The summed E-state index contributed by atoms with van der Waals surface area (Å²) < 4.78 is 0. The lowest BCUT2D eigenvalue weighted by Gasteiger charge is -2.39. The minimum absolute atomic E-state index is 0.553. The molecule has 2 nitrogen and oxygen atoms in total. The Kier molecular flexibility index (Phi) is 2.09. The summed E-state index contributed by atoms with van der Waals surface area (Å²) in [6, 6.07) is 0. The molecule has 0 unspecified atom stereocenters. The van der Waals surface area contributed by atoms with Crippen LogP contribution in [0.15, 0.2) is 12.3 Å². The Morgan fingerprint density at radius 1 is 1.25 bits per heavy atom. The molecule has 68 valence electrons. The summed E-state index contributed by atoms with van der Waals surface area (Å²) in [5, 5.41) is 3.42. The summed E-state index contributed by atoms with van der Waals surface area (Å²) in [6.07, 6.45) is 8.70. The molecule has 1 saturated heterocycles. The van der Waals surface area contributed by atoms with Gasteiger partial charge < -0.3 is 10.2 Å². The van der Waals surface area contributed by atoms with Crippen LogP contribution in [-0.2, 0) is 0 Å². The summed E-state index contributed by atoms with van der Waals surface area (Å²) in [5.74, 6) is 0. The summed E-state index contributed by atoms with van der Waals surface area (Å²) in [4.78, 5) is 2.29. The zero-order valence-corrected chi connectivity index (χ0v) is 7.84. The van der Waals surface area contributed by atoms with Gasteiger partial charge in [0.15, 0.2) is 0 Å². The molecule has 0 amide bonds. The number of hydrogen-bond acceptors (Lipinski definition) is 2. The molecule has 2 heteroatoms. The van der Waals surface area contributed by atoms with E-state index in [9.17, 15) is 0 Å². The molecule has 1 fully saturated rings. The maximum atomic E-state index is 3.42. The van der Waals surface area contributed by atoms with Gasteiger partial charge in [-0.2, -0.15) is 0 Å². The van der Waals surface area contributed by atoms with E-state index in [0.717, 1.165) is 0 Å². The van der Waals surface area contributed by atoms with Crippen LogP contribution in [0.25, 0.3) is 0 Å². The Morgan fingerprint density at radius 2 is 2.00 bits per heavy atom. The Bertz CT molecular complexity index is 180. The fraction of sp³-hybridized carbons (Fsp3) is 0.800. The molecule has 2 heterocycles. The predicted molar refractivity (Wildman–Crippen MR) is 50.9 cm³/mol. The lowest BCUT2D eigenvalue weighted by molar-refractivity contribution is 0.208. The van der Waals surface area contributed by atoms with Gasteiger partial charge in [-0.05, 0) is 44.0 Å². The summed E-state index contributed by atoms with van der Waals surface area (Å²) in [5.41, 5.74) is 0.553. The summed E-state index contributed by atoms with van der Waals surface area (Å²) >= 11 is 0. The third-order valence-electron chi connectivity index (χ3n) is 3.24. The molecule has 2 aliphatic heterocycles. The first-order chi connectivity index (χ1) is 5.81. The number of hydrogen-bond donors (Lipinski definition) is 1. The Hall–Kier alpha value is -0.500. The Balaban J connectivity index is 2.05. The average molecular weight is 166 g/mol. The first-order valence-electron chi connectivity index (χ1n) is 4.91. The van der Waals surface area contributed by atoms with Crippen molar-refractivity contribution in [1.82, 2.24) is 10.2 Å².